The van der Waals surface area contributed by atoms with Crippen molar-refractivity contribution in [3.8, 4) is 23.0 Å². The molecule has 268 valence electrons. The molecule has 0 N–H and O–H groups in total. The molecule has 0 aromatic heterocycles. The molecule has 0 fully saturated rings. The zero-order chi connectivity index (χ0) is 37.3. The predicted octanol–water partition coefficient (Wildman–Crippen LogP) is 12.2. The van der Waals surface area contributed by atoms with E-state index in [0.717, 1.165) is 56.4 Å². The van der Waals surface area contributed by atoms with Crippen LogP contribution in [0.15, 0.2) is 176 Å². The van der Waals surface area contributed by atoms with E-state index in [9.17, 15) is 0 Å². The van der Waals surface area contributed by atoms with E-state index < -0.39 is 0 Å². The van der Waals surface area contributed by atoms with Crippen LogP contribution in [-0.4, -0.2) is 28.4 Å². The van der Waals surface area contributed by atoms with Gasteiger partial charge in [0, 0.05) is 22.7 Å². The Hall–Kier alpha value is -6.92. The fourth-order valence-electron chi connectivity index (χ4n) is 6.73. The van der Waals surface area contributed by atoms with Crippen LogP contribution in [0.4, 0.5) is 34.1 Å². The molecule has 0 atom stereocenters. The second-order valence-corrected chi connectivity index (χ2v) is 12.4. The minimum atomic E-state index is 0.635. The third kappa shape index (κ3) is 7.36. The van der Waals surface area contributed by atoms with Crippen molar-refractivity contribution >= 4 is 45.8 Å². The van der Waals surface area contributed by atoms with E-state index in [1.807, 2.05) is 66.7 Å². The first-order chi connectivity index (χ1) is 26.6. The molecule has 0 saturated carbocycles. The van der Waals surface area contributed by atoms with E-state index in [1.54, 1.807) is 28.4 Å². The summed E-state index contributed by atoms with van der Waals surface area (Å²) in [6, 6.07) is 60.1. The first-order valence-corrected chi connectivity index (χ1v) is 17.7. The number of ether oxygens (including phenoxy) is 4. The van der Waals surface area contributed by atoms with Crippen molar-refractivity contribution in [2.75, 3.05) is 38.2 Å². The highest BCUT2D eigenvalue weighted by atomic mass is 16.5. The summed E-state index contributed by atoms with van der Waals surface area (Å²) in [6.07, 6.45) is 2.24. The summed E-state index contributed by atoms with van der Waals surface area (Å²) in [4.78, 5) is 4.35. The van der Waals surface area contributed by atoms with Gasteiger partial charge in [0.05, 0.1) is 39.8 Å². The molecule has 0 spiro atoms. The maximum absolute atomic E-state index is 5.98. The lowest BCUT2D eigenvalue weighted by Crippen LogP contribution is -2.13. The molecule has 0 bridgehead atoms. The predicted molar refractivity (Wildman–Crippen MR) is 222 cm³/mol. The quantitative estimate of drug-likeness (QED) is 0.111. The molecular formula is C48H42N2O4. The molecule has 54 heavy (non-hydrogen) atoms. The summed E-state index contributed by atoms with van der Waals surface area (Å²) in [5, 5.41) is 0. The minimum Gasteiger partial charge on any atom is -0.493 e. The zero-order valence-corrected chi connectivity index (χ0v) is 30.8. The Balaban J connectivity index is 1.33. The molecule has 0 saturated heterocycles. The van der Waals surface area contributed by atoms with Crippen molar-refractivity contribution in [3.63, 3.8) is 0 Å². The van der Waals surface area contributed by atoms with Gasteiger partial charge >= 0.3 is 0 Å². The summed E-state index contributed by atoms with van der Waals surface area (Å²) in [5.74, 6) is 2.58. The van der Waals surface area contributed by atoms with E-state index in [-0.39, 0.29) is 0 Å². The molecule has 0 aliphatic carbocycles. The topological polar surface area (TPSA) is 43.4 Å². The monoisotopic (exact) mass is 710 g/mol. The lowest BCUT2D eigenvalue weighted by Gasteiger charge is -2.30. The van der Waals surface area contributed by atoms with Gasteiger partial charge < -0.3 is 28.7 Å². The Kier molecular flexibility index (Phi) is 10.9. The summed E-state index contributed by atoms with van der Waals surface area (Å²) in [7, 11) is 6.64. The summed E-state index contributed by atoms with van der Waals surface area (Å²) in [6.45, 7) is 0. The van der Waals surface area contributed by atoms with Crippen molar-refractivity contribution in [2.24, 2.45) is 0 Å². The van der Waals surface area contributed by atoms with Gasteiger partial charge in [-0.25, -0.2) is 0 Å². The number of rotatable bonds is 13. The standard InChI is InChI=1S/C48H42N2O4/c1-51-45-24-14-22-43(47(45)53-3)49(38-20-12-7-13-21-38)40-30-32-41(33-31-40)50(44-23-15-25-46(52-2)48(44)54-4)39-28-26-35(27-29-39)34-42(36-16-8-5-9-17-36)37-18-10-6-11-19-37/h5-34H,1-4H3. The summed E-state index contributed by atoms with van der Waals surface area (Å²) >= 11 is 0. The van der Waals surface area contributed by atoms with Crippen LogP contribution in [0.1, 0.15) is 16.7 Å². The van der Waals surface area contributed by atoms with Crippen LogP contribution in [0.5, 0.6) is 23.0 Å². The SMILES string of the molecule is COc1cccc(N(c2ccccc2)c2ccc(N(c3ccc(C=C(c4ccccc4)c4ccccc4)cc3)c3cccc(OC)c3OC)cc2)c1OC. The van der Waals surface area contributed by atoms with Gasteiger partial charge in [0.2, 0.25) is 0 Å². The average Bonchev–Trinajstić information content (AvgIpc) is 3.24. The van der Waals surface area contributed by atoms with Crippen molar-refractivity contribution in [1.29, 1.82) is 0 Å². The van der Waals surface area contributed by atoms with Gasteiger partial charge in [-0.2, -0.15) is 0 Å². The number of benzene rings is 7. The molecule has 7 aromatic carbocycles. The fraction of sp³-hybridized carbons (Fsp3) is 0.0833. The molecule has 0 aliphatic rings. The Morgan fingerprint density at radius 1 is 0.370 bits per heavy atom. The maximum Gasteiger partial charge on any atom is 0.184 e. The average molecular weight is 711 g/mol. The fourth-order valence-corrected chi connectivity index (χ4v) is 6.73. The molecule has 6 heteroatoms. The van der Waals surface area contributed by atoms with Crippen LogP contribution >= 0.6 is 0 Å². The maximum atomic E-state index is 5.98. The van der Waals surface area contributed by atoms with Gasteiger partial charge in [0.1, 0.15) is 0 Å². The van der Waals surface area contributed by atoms with Crippen molar-refractivity contribution < 1.29 is 18.9 Å². The second-order valence-electron chi connectivity index (χ2n) is 12.4. The molecule has 0 amide bonds. The summed E-state index contributed by atoms with van der Waals surface area (Å²) < 4.78 is 23.3. The molecule has 0 aliphatic heterocycles. The molecule has 0 unspecified atom stereocenters. The lowest BCUT2D eigenvalue weighted by molar-refractivity contribution is 0.356. The highest BCUT2D eigenvalue weighted by Gasteiger charge is 2.23. The number of hydrogen-bond acceptors (Lipinski definition) is 6. The van der Waals surface area contributed by atoms with E-state index in [0.29, 0.717) is 23.0 Å². The Morgan fingerprint density at radius 2 is 0.741 bits per heavy atom. The van der Waals surface area contributed by atoms with Gasteiger partial charge in [0.25, 0.3) is 0 Å². The highest BCUT2D eigenvalue weighted by Crippen LogP contribution is 2.47. The largest absolute Gasteiger partial charge is 0.493 e. The van der Waals surface area contributed by atoms with Gasteiger partial charge in [0.15, 0.2) is 23.0 Å². The van der Waals surface area contributed by atoms with Crippen LogP contribution in [0, 0.1) is 0 Å². The molecule has 7 aromatic rings. The van der Waals surface area contributed by atoms with Crippen LogP contribution in [0.3, 0.4) is 0 Å². The number of methoxy groups -OCH3 is 4. The number of hydrogen-bond donors (Lipinski definition) is 0. The van der Waals surface area contributed by atoms with Crippen molar-refractivity contribution in [3.05, 3.63) is 193 Å². The molecule has 0 radical (unpaired) electrons. The van der Waals surface area contributed by atoms with Crippen LogP contribution in [0.2, 0.25) is 0 Å². The number of nitrogens with zero attached hydrogens (tertiary/aromatic N) is 2. The smallest absolute Gasteiger partial charge is 0.184 e. The van der Waals surface area contributed by atoms with Crippen LogP contribution in [-0.2, 0) is 0 Å². The van der Waals surface area contributed by atoms with Gasteiger partial charge in [-0.15, -0.1) is 0 Å². The normalized spacial score (nSPS) is 10.6. The summed E-state index contributed by atoms with van der Waals surface area (Å²) in [5.41, 5.74) is 10.1. The van der Waals surface area contributed by atoms with E-state index >= 15 is 0 Å². The molecular weight excluding hydrogens is 669 g/mol. The van der Waals surface area contributed by atoms with Gasteiger partial charge in [-0.05, 0) is 101 Å². The lowest BCUT2D eigenvalue weighted by atomic mass is 9.95. The first kappa shape index (κ1) is 35.5. The molecule has 6 nitrogen and oxygen atoms in total. The van der Waals surface area contributed by atoms with Crippen LogP contribution < -0.4 is 28.7 Å². The van der Waals surface area contributed by atoms with Gasteiger partial charge in [-0.3, -0.25) is 0 Å². The number of para-hydroxylation sites is 3. The van der Waals surface area contributed by atoms with Gasteiger partial charge in [-0.1, -0.05) is 103 Å². The second kappa shape index (κ2) is 16.6. The van der Waals surface area contributed by atoms with E-state index in [1.165, 1.54) is 0 Å². The third-order valence-electron chi connectivity index (χ3n) is 9.26. The molecule has 0 heterocycles. The van der Waals surface area contributed by atoms with Crippen LogP contribution in [0.25, 0.3) is 11.6 Å². The van der Waals surface area contributed by atoms with E-state index in [4.69, 9.17) is 18.9 Å². The zero-order valence-electron chi connectivity index (χ0n) is 30.8. The molecule has 7 rings (SSSR count). The third-order valence-corrected chi connectivity index (χ3v) is 9.26. The van der Waals surface area contributed by atoms with Crippen molar-refractivity contribution in [1.82, 2.24) is 0 Å². The Morgan fingerprint density at radius 3 is 1.13 bits per heavy atom. The highest BCUT2D eigenvalue weighted by molar-refractivity contribution is 5.92. The Labute approximate surface area is 317 Å². The Bertz CT molecular complexity index is 2270. The minimum absolute atomic E-state index is 0.635. The first-order valence-electron chi connectivity index (χ1n) is 17.7. The van der Waals surface area contributed by atoms with Crippen molar-refractivity contribution in [2.45, 2.75) is 0 Å². The number of anilines is 6. The van der Waals surface area contributed by atoms with E-state index in [2.05, 4.69) is 125 Å².